The highest BCUT2D eigenvalue weighted by Gasteiger charge is 2.27. The largest absolute Gasteiger partial charge is 0.490 e. The lowest BCUT2D eigenvalue weighted by Crippen LogP contribution is -2.36. The van der Waals surface area contributed by atoms with Crippen molar-refractivity contribution in [3.63, 3.8) is 0 Å². The van der Waals surface area contributed by atoms with Gasteiger partial charge < -0.3 is 4.74 Å². The van der Waals surface area contributed by atoms with Gasteiger partial charge in [-0.3, -0.25) is 0 Å². The summed E-state index contributed by atoms with van der Waals surface area (Å²) in [7, 11) is -3.56. The average Bonchev–Trinajstić information content (AvgIpc) is 3.13. The molecule has 0 aliphatic heterocycles. The van der Waals surface area contributed by atoms with Crippen molar-refractivity contribution in [3.8, 4) is 5.75 Å². The van der Waals surface area contributed by atoms with Gasteiger partial charge in [-0.05, 0) is 69.4 Å². The number of hydrogen-bond donors (Lipinski definition) is 0. The lowest BCUT2D eigenvalue weighted by atomic mass is 10.2. The fraction of sp³-hybridized carbons (Fsp3) is 0.429. The second kappa shape index (κ2) is 8.23. The minimum atomic E-state index is -3.56. The third kappa shape index (κ3) is 4.46. The number of sulfonamides is 1. The summed E-state index contributed by atoms with van der Waals surface area (Å²) in [5.74, 6) is 0.745. The van der Waals surface area contributed by atoms with Gasteiger partial charge in [0.1, 0.15) is 5.75 Å². The van der Waals surface area contributed by atoms with Crippen LogP contribution in [-0.4, -0.2) is 24.9 Å². The molecule has 0 N–H and O–H groups in total. The zero-order chi connectivity index (χ0) is 18.6. The van der Waals surface area contributed by atoms with E-state index >= 15 is 0 Å². The Balaban J connectivity index is 1.77. The number of hydrogen-bond acceptors (Lipinski definition) is 3. The van der Waals surface area contributed by atoms with Crippen LogP contribution in [-0.2, 0) is 16.6 Å². The first-order valence-electron chi connectivity index (χ1n) is 9.29. The van der Waals surface area contributed by atoms with Crippen molar-refractivity contribution >= 4 is 10.0 Å². The third-order valence-electron chi connectivity index (χ3n) is 4.79. The molecule has 140 valence electrons. The highest BCUT2D eigenvalue weighted by Crippen LogP contribution is 2.27. The third-order valence-corrected chi connectivity index (χ3v) is 6.83. The van der Waals surface area contributed by atoms with E-state index in [4.69, 9.17) is 4.74 Å². The molecule has 0 radical (unpaired) electrons. The lowest BCUT2D eigenvalue weighted by molar-refractivity contribution is 0.210. The molecule has 1 aliphatic carbocycles. The summed E-state index contributed by atoms with van der Waals surface area (Å²) in [6.07, 6.45) is 4.85. The SMILES string of the molecule is CC(C)N(Cc1ccccc1)S(=O)(=O)c1ccc(OC2CCCC2)cc1. The molecule has 0 bridgehead atoms. The van der Waals surface area contributed by atoms with E-state index in [1.54, 1.807) is 24.3 Å². The van der Waals surface area contributed by atoms with E-state index < -0.39 is 10.0 Å². The fourth-order valence-corrected chi connectivity index (χ4v) is 4.96. The zero-order valence-electron chi connectivity index (χ0n) is 15.5. The van der Waals surface area contributed by atoms with Crippen LogP contribution in [0.2, 0.25) is 0 Å². The van der Waals surface area contributed by atoms with Crippen LogP contribution >= 0.6 is 0 Å². The normalized spacial score (nSPS) is 15.7. The van der Waals surface area contributed by atoms with Gasteiger partial charge in [0.2, 0.25) is 10.0 Å². The summed E-state index contributed by atoms with van der Waals surface area (Å²) in [4.78, 5) is 0.306. The number of ether oxygens (including phenoxy) is 1. The van der Waals surface area contributed by atoms with Gasteiger partial charge >= 0.3 is 0 Å². The lowest BCUT2D eigenvalue weighted by Gasteiger charge is -2.26. The maximum atomic E-state index is 13.1. The summed E-state index contributed by atoms with van der Waals surface area (Å²) in [5.41, 5.74) is 0.978. The van der Waals surface area contributed by atoms with Gasteiger partial charge in [-0.25, -0.2) is 8.42 Å². The van der Waals surface area contributed by atoms with E-state index in [2.05, 4.69) is 0 Å². The van der Waals surface area contributed by atoms with Crippen LogP contribution in [0.4, 0.5) is 0 Å². The molecule has 0 aromatic heterocycles. The van der Waals surface area contributed by atoms with Gasteiger partial charge in [0, 0.05) is 12.6 Å². The van der Waals surface area contributed by atoms with E-state index in [0.29, 0.717) is 11.4 Å². The van der Waals surface area contributed by atoms with Gasteiger partial charge in [-0.15, -0.1) is 0 Å². The highest BCUT2D eigenvalue weighted by atomic mass is 32.2. The minimum Gasteiger partial charge on any atom is -0.490 e. The molecule has 5 heteroatoms. The maximum Gasteiger partial charge on any atom is 0.243 e. The molecule has 0 spiro atoms. The summed E-state index contributed by atoms with van der Waals surface area (Å²) in [5, 5.41) is 0. The van der Waals surface area contributed by atoms with Gasteiger partial charge in [0.15, 0.2) is 0 Å². The molecule has 3 rings (SSSR count). The first kappa shape index (κ1) is 18.9. The molecule has 0 saturated heterocycles. The molecular weight excluding hydrogens is 346 g/mol. The monoisotopic (exact) mass is 373 g/mol. The molecule has 0 unspecified atom stereocenters. The van der Waals surface area contributed by atoms with E-state index in [9.17, 15) is 8.42 Å². The van der Waals surface area contributed by atoms with Crippen LogP contribution in [0.25, 0.3) is 0 Å². The first-order chi connectivity index (χ1) is 12.5. The molecule has 1 aliphatic rings. The van der Waals surface area contributed by atoms with Crippen molar-refractivity contribution in [2.24, 2.45) is 0 Å². The summed E-state index contributed by atoms with van der Waals surface area (Å²) >= 11 is 0. The maximum absolute atomic E-state index is 13.1. The molecule has 1 saturated carbocycles. The second-order valence-electron chi connectivity index (χ2n) is 7.13. The molecule has 26 heavy (non-hydrogen) atoms. The molecule has 0 atom stereocenters. The summed E-state index contributed by atoms with van der Waals surface area (Å²) in [6.45, 7) is 4.16. The molecule has 0 heterocycles. The van der Waals surface area contributed by atoms with Gasteiger partial charge in [0.25, 0.3) is 0 Å². The smallest absolute Gasteiger partial charge is 0.243 e. The fourth-order valence-electron chi connectivity index (χ4n) is 3.33. The van der Waals surface area contributed by atoms with Crippen molar-refractivity contribution in [1.82, 2.24) is 4.31 Å². The van der Waals surface area contributed by atoms with Crippen molar-refractivity contribution in [1.29, 1.82) is 0 Å². The van der Waals surface area contributed by atoms with Crippen LogP contribution in [0.15, 0.2) is 59.5 Å². The standard InChI is InChI=1S/C21H27NO3S/c1-17(2)22(16-18-8-4-3-5-9-18)26(23,24)21-14-12-20(13-15-21)25-19-10-6-7-11-19/h3-5,8-9,12-15,17,19H,6-7,10-11,16H2,1-2H3. The predicted octanol–water partition coefficient (Wildman–Crippen LogP) is 4.61. The average molecular weight is 374 g/mol. The quantitative estimate of drug-likeness (QED) is 0.712. The Labute approximate surface area is 156 Å². The summed E-state index contributed by atoms with van der Waals surface area (Å²) < 4.78 is 33.7. The second-order valence-corrected chi connectivity index (χ2v) is 9.02. The van der Waals surface area contributed by atoms with E-state index in [1.807, 2.05) is 44.2 Å². The van der Waals surface area contributed by atoms with Crippen molar-refractivity contribution in [3.05, 3.63) is 60.2 Å². The Kier molecular flexibility index (Phi) is 5.99. The Morgan fingerprint density at radius 1 is 1.00 bits per heavy atom. The molecular formula is C21H27NO3S. The molecule has 2 aromatic carbocycles. The van der Waals surface area contributed by atoms with E-state index in [-0.39, 0.29) is 12.1 Å². The molecule has 1 fully saturated rings. The van der Waals surface area contributed by atoms with Crippen LogP contribution < -0.4 is 4.74 Å². The van der Waals surface area contributed by atoms with Crippen molar-refractivity contribution < 1.29 is 13.2 Å². The number of benzene rings is 2. The van der Waals surface area contributed by atoms with Crippen LogP contribution in [0.3, 0.4) is 0 Å². The predicted molar refractivity (Wildman–Crippen MR) is 104 cm³/mol. The van der Waals surface area contributed by atoms with Crippen LogP contribution in [0.5, 0.6) is 5.75 Å². The summed E-state index contributed by atoms with van der Waals surface area (Å²) in [6, 6.07) is 16.4. The topological polar surface area (TPSA) is 46.6 Å². The first-order valence-corrected chi connectivity index (χ1v) is 10.7. The Bertz CT molecular complexity index is 795. The van der Waals surface area contributed by atoms with Crippen LogP contribution in [0.1, 0.15) is 45.1 Å². The number of nitrogens with zero attached hydrogens (tertiary/aromatic N) is 1. The number of rotatable bonds is 7. The van der Waals surface area contributed by atoms with Crippen molar-refractivity contribution in [2.45, 2.75) is 63.1 Å². The Morgan fingerprint density at radius 2 is 1.62 bits per heavy atom. The van der Waals surface area contributed by atoms with E-state index in [0.717, 1.165) is 24.2 Å². The molecule has 0 amide bonds. The minimum absolute atomic E-state index is 0.130. The van der Waals surface area contributed by atoms with Crippen molar-refractivity contribution in [2.75, 3.05) is 0 Å². The molecule has 4 nitrogen and oxygen atoms in total. The van der Waals surface area contributed by atoms with Gasteiger partial charge in [0.05, 0.1) is 11.0 Å². The Morgan fingerprint density at radius 3 is 2.19 bits per heavy atom. The zero-order valence-corrected chi connectivity index (χ0v) is 16.3. The highest BCUT2D eigenvalue weighted by molar-refractivity contribution is 7.89. The Hall–Kier alpha value is -1.85. The van der Waals surface area contributed by atoms with Gasteiger partial charge in [-0.1, -0.05) is 30.3 Å². The van der Waals surface area contributed by atoms with Gasteiger partial charge in [-0.2, -0.15) is 4.31 Å². The van der Waals surface area contributed by atoms with E-state index in [1.165, 1.54) is 17.1 Å². The molecule has 2 aromatic rings. The van der Waals surface area contributed by atoms with Crippen LogP contribution in [0, 0.1) is 0 Å².